The van der Waals surface area contributed by atoms with Gasteiger partial charge in [-0.1, -0.05) is 0 Å². The Labute approximate surface area is 129 Å². The van der Waals surface area contributed by atoms with Gasteiger partial charge < -0.3 is 14.7 Å². The fourth-order valence-corrected chi connectivity index (χ4v) is 2.05. The molecular weight excluding hydrogens is 301 g/mol. The maximum atomic E-state index is 11.0. The highest BCUT2D eigenvalue weighted by Crippen LogP contribution is 2.23. The van der Waals surface area contributed by atoms with Crippen LogP contribution in [0.4, 0.5) is 5.69 Å². The number of alkyl halides is 2. The number of ether oxygens (including phenoxy) is 1. The molecule has 0 aliphatic carbocycles. The number of hydrogen-bond acceptors (Lipinski definition) is 3. The van der Waals surface area contributed by atoms with Crippen LogP contribution in [0.25, 0.3) is 0 Å². The van der Waals surface area contributed by atoms with Gasteiger partial charge in [-0.3, -0.25) is 0 Å². The number of carbonyl (C=O) groups is 1. The number of benzene rings is 1. The number of hydrogen-bond donors (Lipinski definition) is 1. The highest BCUT2D eigenvalue weighted by atomic mass is 35.5. The van der Waals surface area contributed by atoms with Crippen molar-refractivity contribution in [1.29, 1.82) is 0 Å². The Morgan fingerprint density at radius 1 is 1.20 bits per heavy atom. The average Bonchev–Trinajstić information content (AvgIpc) is 2.39. The average molecular weight is 320 g/mol. The fourth-order valence-electron chi connectivity index (χ4n) is 1.64. The monoisotopic (exact) mass is 319 g/mol. The van der Waals surface area contributed by atoms with Gasteiger partial charge in [-0.15, -0.1) is 23.2 Å². The van der Waals surface area contributed by atoms with E-state index in [9.17, 15) is 4.79 Å². The van der Waals surface area contributed by atoms with Gasteiger partial charge in [-0.05, 0) is 38.1 Å². The van der Waals surface area contributed by atoms with Gasteiger partial charge in [-0.25, -0.2) is 4.79 Å². The fraction of sp³-hybridized carbons (Fsp3) is 0.500. The molecule has 0 aliphatic rings. The number of halogens is 2. The van der Waals surface area contributed by atoms with Gasteiger partial charge in [0.05, 0.1) is 0 Å². The molecule has 0 amide bonds. The van der Waals surface area contributed by atoms with E-state index in [1.807, 2.05) is 12.1 Å². The van der Waals surface area contributed by atoms with Gasteiger partial charge in [0.15, 0.2) is 5.60 Å². The lowest BCUT2D eigenvalue weighted by atomic mass is 10.1. The lowest BCUT2D eigenvalue weighted by molar-refractivity contribution is -0.152. The van der Waals surface area contributed by atoms with Gasteiger partial charge >= 0.3 is 5.97 Å². The maximum absolute atomic E-state index is 11.0. The predicted octanol–water partition coefficient (Wildman–Crippen LogP) is 3.21. The third kappa shape index (κ3) is 4.76. The topological polar surface area (TPSA) is 49.8 Å². The van der Waals surface area contributed by atoms with Crippen LogP contribution in [0.1, 0.15) is 13.8 Å². The van der Waals surface area contributed by atoms with Crippen LogP contribution >= 0.6 is 23.2 Å². The van der Waals surface area contributed by atoms with Gasteiger partial charge in [0, 0.05) is 30.5 Å². The highest BCUT2D eigenvalue weighted by molar-refractivity contribution is 6.18. The summed E-state index contributed by atoms with van der Waals surface area (Å²) >= 11 is 11.5. The van der Waals surface area contributed by atoms with Gasteiger partial charge in [0.25, 0.3) is 0 Å². The molecule has 0 radical (unpaired) electrons. The number of anilines is 1. The van der Waals surface area contributed by atoms with E-state index in [1.54, 1.807) is 12.1 Å². The number of nitrogens with zero attached hydrogens (tertiary/aromatic N) is 1. The van der Waals surface area contributed by atoms with Crippen molar-refractivity contribution in [3.05, 3.63) is 24.3 Å². The number of carboxylic acids is 1. The van der Waals surface area contributed by atoms with E-state index in [4.69, 9.17) is 33.0 Å². The summed E-state index contributed by atoms with van der Waals surface area (Å²) in [5.41, 5.74) is -0.278. The standard InChI is InChI=1S/C14H19Cl2NO3/c1-14(2,13(18)19)20-12-5-3-11(4-6-12)17(9-7-15)10-8-16/h3-6H,7-10H2,1-2H3,(H,18,19). The van der Waals surface area contributed by atoms with E-state index >= 15 is 0 Å². The van der Waals surface area contributed by atoms with Crippen molar-refractivity contribution in [2.24, 2.45) is 0 Å². The van der Waals surface area contributed by atoms with Crippen molar-refractivity contribution in [3.8, 4) is 5.75 Å². The minimum atomic E-state index is -1.26. The molecule has 0 fully saturated rings. The van der Waals surface area contributed by atoms with Crippen LogP contribution < -0.4 is 9.64 Å². The molecule has 0 unspecified atom stereocenters. The minimum Gasteiger partial charge on any atom is -0.478 e. The molecule has 0 aliphatic heterocycles. The zero-order valence-corrected chi connectivity index (χ0v) is 13.1. The van der Waals surface area contributed by atoms with Crippen LogP contribution in [0, 0.1) is 0 Å². The first-order valence-electron chi connectivity index (χ1n) is 6.30. The third-order valence-corrected chi connectivity index (χ3v) is 3.14. The summed E-state index contributed by atoms with van der Waals surface area (Å²) < 4.78 is 5.45. The molecule has 0 spiro atoms. The highest BCUT2D eigenvalue weighted by Gasteiger charge is 2.29. The van der Waals surface area contributed by atoms with E-state index in [2.05, 4.69) is 4.90 Å². The molecular formula is C14H19Cl2NO3. The number of aliphatic carboxylic acids is 1. The van der Waals surface area contributed by atoms with Crippen molar-refractivity contribution in [1.82, 2.24) is 0 Å². The largest absolute Gasteiger partial charge is 0.478 e. The Morgan fingerprint density at radius 2 is 1.70 bits per heavy atom. The molecule has 112 valence electrons. The summed E-state index contributed by atoms with van der Waals surface area (Å²) in [5, 5.41) is 9.02. The Kier molecular flexibility index (Phi) is 6.43. The van der Waals surface area contributed by atoms with Crippen molar-refractivity contribution in [2.75, 3.05) is 29.7 Å². The SMILES string of the molecule is CC(C)(Oc1ccc(N(CCCl)CCCl)cc1)C(=O)O. The van der Waals surface area contributed by atoms with Gasteiger partial charge in [0.2, 0.25) is 0 Å². The van der Waals surface area contributed by atoms with Gasteiger partial charge in [0.1, 0.15) is 5.75 Å². The molecule has 0 aromatic heterocycles. The lowest BCUT2D eigenvalue weighted by Crippen LogP contribution is -2.37. The van der Waals surface area contributed by atoms with Crippen LogP contribution in [0.15, 0.2) is 24.3 Å². The summed E-state index contributed by atoms with van der Waals surface area (Å²) in [6, 6.07) is 7.23. The minimum absolute atomic E-state index is 0.512. The summed E-state index contributed by atoms with van der Waals surface area (Å²) in [6.45, 7) is 4.43. The van der Waals surface area contributed by atoms with E-state index in [-0.39, 0.29) is 0 Å². The molecule has 1 aromatic carbocycles. The second-order valence-corrected chi connectivity index (χ2v) is 5.53. The zero-order chi connectivity index (χ0) is 15.2. The summed E-state index contributed by atoms with van der Waals surface area (Å²) in [6.07, 6.45) is 0. The normalized spacial score (nSPS) is 11.2. The van der Waals surface area contributed by atoms with E-state index < -0.39 is 11.6 Å². The Balaban J connectivity index is 2.79. The molecule has 20 heavy (non-hydrogen) atoms. The number of rotatable bonds is 8. The third-order valence-electron chi connectivity index (χ3n) is 2.80. The van der Waals surface area contributed by atoms with Crippen LogP contribution in [0.2, 0.25) is 0 Å². The molecule has 0 saturated heterocycles. The Bertz CT molecular complexity index is 429. The van der Waals surface area contributed by atoms with Gasteiger partial charge in [-0.2, -0.15) is 0 Å². The van der Waals surface area contributed by atoms with Crippen molar-refractivity contribution < 1.29 is 14.6 Å². The van der Waals surface area contributed by atoms with Crippen molar-refractivity contribution >= 4 is 34.9 Å². The van der Waals surface area contributed by atoms with E-state index in [1.165, 1.54) is 13.8 Å². The number of carboxylic acid groups (broad SMARTS) is 1. The second kappa shape index (κ2) is 7.60. The summed E-state index contributed by atoms with van der Waals surface area (Å²) in [7, 11) is 0. The summed E-state index contributed by atoms with van der Waals surface area (Å²) in [5.74, 6) is 0.535. The molecule has 1 aromatic rings. The quantitative estimate of drug-likeness (QED) is 0.747. The smallest absolute Gasteiger partial charge is 0.347 e. The van der Waals surface area contributed by atoms with Crippen LogP contribution in [-0.2, 0) is 4.79 Å². The Hall–Kier alpha value is -1.13. The molecule has 0 saturated carbocycles. The molecule has 0 bridgehead atoms. The molecule has 1 rings (SSSR count). The first-order valence-corrected chi connectivity index (χ1v) is 7.37. The first-order chi connectivity index (χ1) is 9.40. The van der Waals surface area contributed by atoms with E-state index in [0.717, 1.165) is 5.69 Å². The second-order valence-electron chi connectivity index (χ2n) is 4.78. The molecule has 6 heteroatoms. The van der Waals surface area contributed by atoms with Crippen LogP contribution in [-0.4, -0.2) is 41.5 Å². The zero-order valence-electron chi connectivity index (χ0n) is 11.6. The van der Waals surface area contributed by atoms with Crippen molar-refractivity contribution in [3.63, 3.8) is 0 Å². The molecule has 0 atom stereocenters. The molecule has 1 N–H and O–H groups in total. The molecule has 0 heterocycles. The van der Waals surface area contributed by atoms with Crippen molar-refractivity contribution in [2.45, 2.75) is 19.4 Å². The molecule has 4 nitrogen and oxygen atoms in total. The Morgan fingerprint density at radius 3 is 2.10 bits per heavy atom. The van der Waals surface area contributed by atoms with E-state index in [0.29, 0.717) is 30.6 Å². The maximum Gasteiger partial charge on any atom is 0.347 e. The summed E-state index contributed by atoms with van der Waals surface area (Å²) in [4.78, 5) is 13.1. The van der Waals surface area contributed by atoms with Crippen LogP contribution in [0.3, 0.4) is 0 Å². The first kappa shape index (κ1) is 16.9. The lowest BCUT2D eigenvalue weighted by Gasteiger charge is -2.24. The predicted molar refractivity (Wildman–Crippen MR) is 82.4 cm³/mol. The van der Waals surface area contributed by atoms with Crippen LogP contribution in [0.5, 0.6) is 5.75 Å².